The number of nitrogens with zero attached hydrogens (tertiary/aromatic N) is 1. The van der Waals surface area contributed by atoms with Crippen LogP contribution in [0.4, 0.5) is 0 Å². The van der Waals surface area contributed by atoms with E-state index in [2.05, 4.69) is 0 Å². The first-order chi connectivity index (χ1) is 10.2. The number of carboxylic acid groups (broad SMARTS) is 4. The minimum absolute atomic E-state index is 0.278. The Morgan fingerprint density at radius 2 is 1.09 bits per heavy atom. The number of unbranched alkanes of at least 4 members (excludes halogenated alkanes) is 2. The van der Waals surface area contributed by atoms with Crippen molar-refractivity contribution in [3.63, 3.8) is 0 Å². The highest BCUT2D eigenvalue weighted by molar-refractivity contribution is 5.75. The Labute approximate surface area is 127 Å². The second-order valence-corrected chi connectivity index (χ2v) is 4.32. The average Bonchev–Trinajstić information content (AvgIpc) is 2.32. The molecule has 0 rings (SSSR count). The molecule has 0 aliphatic carbocycles. The molecule has 0 amide bonds. The van der Waals surface area contributed by atoms with Gasteiger partial charge in [0.1, 0.15) is 0 Å². The lowest BCUT2D eigenvalue weighted by Gasteiger charge is -2.14. The predicted octanol–water partition coefficient (Wildman–Crippen LogP) is -0.868. The van der Waals surface area contributed by atoms with E-state index >= 15 is 0 Å². The Morgan fingerprint density at radius 1 is 0.682 bits per heavy atom. The maximum atomic E-state index is 10.1. The highest BCUT2D eigenvalue weighted by atomic mass is 16.4. The molecule has 128 valence electrons. The zero-order valence-electron chi connectivity index (χ0n) is 12.1. The molecule has 0 aliphatic rings. The largest absolute Gasteiger partial charge is 0.481 e. The summed E-state index contributed by atoms with van der Waals surface area (Å²) in [6.45, 7) is -1.13. The summed E-state index contributed by atoms with van der Waals surface area (Å²) >= 11 is 0. The number of aliphatic carboxylic acids is 4. The molecule has 10 heteroatoms. The summed E-state index contributed by atoms with van der Waals surface area (Å²) in [6.07, 6.45) is 2.91. The summed E-state index contributed by atoms with van der Waals surface area (Å²) < 4.78 is 0. The second kappa shape index (κ2) is 13.8. The number of rotatable bonds is 11. The third kappa shape index (κ3) is 20.1. The van der Waals surface area contributed by atoms with Crippen molar-refractivity contribution < 1.29 is 39.6 Å². The van der Waals surface area contributed by atoms with Gasteiger partial charge in [-0.1, -0.05) is 6.42 Å². The van der Waals surface area contributed by atoms with Crippen molar-refractivity contribution >= 4 is 23.9 Å². The fourth-order valence-corrected chi connectivity index (χ4v) is 1.34. The average molecular weight is 322 g/mol. The van der Waals surface area contributed by atoms with E-state index in [9.17, 15) is 19.2 Å². The van der Waals surface area contributed by atoms with Crippen LogP contribution in [0.2, 0.25) is 0 Å². The van der Waals surface area contributed by atoms with Gasteiger partial charge in [-0.15, -0.1) is 0 Å². The fraction of sp³-hybridized carbons (Fsp3) is 0.667. The van der Waals surface area contributed by atoms with Crippen molar-refractivity contribution in [2.24, 2.45) is 5.73 Å². The summed E-state index contributed by atoms with van der Waals surface area (Å²) in [6, 6.07) is 0. The van der Waals surface area contributed by atoms with Crippen LogP contribution in [0.3, 0.4) is 0 Å². The molecule has 10 nitrogen and oxygen atoms in total. The van der Waals surface area contributed by atoms with Crippen molar-refractivity contribution in [3.05, 3.63) is 0 Å². The van der Waals surface area contributed by atoms with Gasteiger partial charge in [0.15, 0.2) is 0 Å². The summed E-state index contributed by atoms with van der Waals surface area (Å²) in [5, 5.41) is 33.0. The van der Waals surface area contributed by atoms with Gasteiger partial charge >= 0.3 is 23.9 Å². The molecule has 0 heterocycles. The van der Waals surface area contributed by atoms with E-state index < -0.39 is 43.5 Å². The first-order valence-corrected chi connectivity index (χ1v) is 6.48. The van der Waals surface area contributed by atoms with E-state index in [0.29, 0.717) is 6.54 Å². The monoisotopic (exact) mass is 322 g/mol. The van der Waals surface area contributed by atoms with Gasteiger partial charge in [-0.2, -0.15) is 0 Å². The maximum absolute atomic E-state index is 10.1. The van der Waals surface area contributed by atoms with Crippen molar-refractivity contribution in [2.75, 3.05) is 26.2 Å². The zero-order valence-corrected chi connectivity index (χ0v) is 12.1. The summed E-state index contributed by atoms with van der Waals surface area (Å²) in [5.41, 5.74) is 5.20. The zero-order chi connectivity index (χ0) is 17.5. The number of hydrogen-bond acceptors (Lipinski definition) is 6. The lowest BCUT2D eigenvalue weighted by molar-refractivity contribution is -0.145. The molecule has 0 saturated heterocycles. The maximum Gasteiger partial charge on any atom is 0.317 e. The smallest absolute Gasteiger partial charge is 0.317 e. The van der Waals surface area contributed by atoms with Crippen molar-refractivity contribution in [1.82, 2.24) is 4.90 Å². The van der Waals surface area contributed by atoms with E-state index in [4.69, 9.17) is 26.2 Å². The summed E-state index contributed by atoms with van der Waals surface area (Å²) in [4.78, 5) is 41.2. The molecular formula is C12H22N2O8. The number of carboxylic acids is 4. The van der Waals surface area contributed by atoms with Crippen LogP contribution in [0, 0.1) is 0 Å². The summed E-state index contributed by atoms with van der Waals surface area (Å²) in [7, 11) is 0. The molecule has 0 spiro atoms. The Bertz CT molecular complexity index is 334. The van der Waals surface area contributed by atoms with E-state index in [1.54, 1.807) is 0 Å². The van der Waals surface area contributed by atoms with E-state index in [0.717, 1.165) is 24.2 Å². The van der Waals surface area contributed by atoms with Crippen LogP contribution in [0.5, 0.6) is 0 Å². The fourth-order valence-electron chi connectivity index (χ4n) is 1.34. The van der Waals surface area contributed by atoms with Crippen LogP contribution in [0.15, 0.2) is 0 Å². The molecule has 0 aromatic heterocycles. The molecule has 6 N–H and O–H groups in total. The SMILES string of the molecule is NCCCCCC(=O)O.O=C(O)CN(CC(=O)O)CC(=O)O. The van der Waals surface area contributed by atoms with Gasteiger partial charge in [-0.05, 0) is 19.4 Å². The van der Waals surface area contributed by atoms with Gasteiger partial charge in [0.2, 0.25) is 0 Å². The van der Waals surface area contributed by atoms with Crippen LogP contribution >= 0.6 is 0 Å². The van der Waals surface area contributed by atoms with Gasteiger partial charge in [0, 0.05) is 6.42 Å². The van der Waals surface area contributed by atoms with Gasteiger partial charge in [-0.3, -0.25) is 24.1 Å². The minimum atomic E-state index is -1.26. The molecule has 0 unspecified atom stereocenters. The van der Waals surface area contributed by atoms with E-state index in [-0.39, 0.29) is 6.42 Å². The number of carbonyl (C=O) groups is 4. The van der Waals surface area contributed by atoms with Crippen molar-refractivity contribution in [2.45, 2.75) is 25.7 Å². The predicted molar refractivity (Wildman–Crippen MR) is 74.5 cm³/mol. The first-order valence-electron chi connectivity index (χ1n) is 6.48. The number of nitrogens with two attached hydrogens (primary N) is 1. The van der Waals surface area contributed by atoms with Crippen molar-refractivity contribution in [3.8, 4) is 0 Å². The number of hydrogen-bond donors (Lipinski definition) is 5. The quantitative estimate of drug-likeness (QED) is 0.300. The topological polar surface area (TPSA) is 178 Å². The molecule has 0 aromatic rings. The van der Waals surface area contributed by atoms with Crippen LogP contribution in [0.1, 0.15) is 25.7 Å². The molecule has 0 saturated carbocycles. The Morgan fingerprint density at radius 3 is 1.36 bits per heavy atom. The van der Waals surface area contributed by atoms with Gasteiger partial charge in [-0.25, -0.2) is 0 Å². The third-order valence-electron chi connectivity index (χ3n) is 2.17. The van der Waals surface area contributed by atoms with Crippen LogP contribution in [0.25, 0.3) is 0 Å². The summed E-state index contributed by atoms with van der Waals surface area (Å²) in [5.74, 6) is -4.50. The molecule has 0 bridgehead atoms. The molecule has 0 fully saturated rings. The normalized spacial score (nSPS) is 9.73. The highest BCUT2D eigenvalue weighted by Crippen LogP contribution is 1.97. The van der Waals surface area contributed by atoms with Gasteiger partial charge in [0.25, 0.3) is 0 Å². The molecular weight excluding hydrogens is 300 g/mol. The lowest BCUT2D eigenvalue weighted by atomic mass is 10.2. The van der Waals surface area contributed by atoms with Gasteiger partial charge in [0.05, 0.1) is 19.6 Å². The second-order valence-electron chi connectivity index (χ2n) is 4.32. The minimum Gasteiger partial charge on any atom is -0.481 e. The van der Waals surface area contributed by atoms with Crippen molar-refractivity contribution in [1.29, 1.82) is 0 Å². The Balaban J connectivity index is 0. The molecule has 0 aliphatic heterocycles. The highest BCUT2D eigenvalue weighted by Gasteiger charge is 2.15. The molecule has 0 atom stereocenters. The van der Waals surface area contributed by atoms with Gasteiger partial charge < -0.3 is 26.2 Å². The first kappa shape index (κ1) is 22.1. The molecule has 22 heavy (non-hydrogen) atoms. The van der Waals surface area contributed by atoms with E-state index in [1.807, 2.05) is 0 Å². The third-order valence-corrected chi connectivity index (χ3v) is 2.17. The van der Waals surface area contributed by atoms with Crippen LogP contribution in [-0.4, -0.2) is 75.4 Å². The lowest BCUT2D eigenvalue weighted by Crippen LogP contribution is -2.38. The Kier molecular flexibility index (Phi) is 13.8. The van der Waals surface area contributed by atoms with E-state index in [1.165, 1.54) is 0 Å². The molecule has 0 radical (unpaired) electrons. The Hall–Kier alpha value is -2.20. The van der Waals surface area contributed by atoms with Crippen LogP contribution < -0.4 is 5.73 Å². The molecule has 0 aromatic carbocycles. The van der Waals surface area contributed by atoms with Crippen LogP contribution in [-0.2, 0) is 19.2 Å². The standard InChI is InChI=1S/C6H9NO6.C6H13NO2/c8-4(9)1-7(2-5(10)11)3-6(12)13;7-5-3-1-2-4-6(8)9/h1-3H2,(H,8,9)(H,10,11)(H,12,13);1-5,7H2,(H,8,9).